The van der Waals surface area contributed by atoms with Crippen molar-refractivity contribution in [1.29, 1.82) is 0 Å². The maximum Gasteiger partial charge on any atom is 0.344 e. The molecule has 0 bridgehead atoms. The molecule has 0 spiro atoms. The number of benzene rings is 4. The molecule has 4 aromatic rings. The highest BCUT2D eigenvalue weighted by Crippen LogP contribution is 2.21. The molecule has 0 aliphatic carbocycles. The van der Waals surface area contributed by atoms with Gasteiger partial charge in [0.1, 0.15) is 34.1 Å². The van der Waals surface area contributed by atoms with Gasteiger partial charge in [0.15, 0.2) is 6.07 Å². The first-order chi connectivity index (χ1) is 30.1. The number of esters is 5. The number of carboxylic acids is 1. The predicted molar refractivity (Wildman–Crippen MR) is 213 cm³/mol. The maximum absolute atomic E-state index is 12.1. The average Bonchev–Trinajstić information content (AvgIpc) is 3.24. The third kappa shape index (κ3) is 21.2. The van der Waals surface area contributed by atoms with E-state index in [0.717, 1.165) is 0 Å². The number of nitrogens with zero attached hydrogens (tertiary/aromatic N) is 2. The minimum atomic E-state index is -1.00. The highest BCUT2D eigenvalue weighted by molar-refractivity contribution is 6.17. The van der Waals surface area contributed by atoms with Crippen LogP contribution in [0.3, 0.4) is 0 Å². The number of hydrogen-bond acceptors (Lipinski definition) is 19. The first-order valence-electron chi connectivity index (χ1n) is 18.0. The van der Waals surface area contributed by atoms with Gasteiger partial charge in [0.05, 0.1) is 37.6 Å². The van der Waals surface area contributed by atoms with Crippen molar-refractivity contribution in [3.8, 4) is 23.0 Å². The number of rotatable bonds is 21. The lowest BCUT2D eigenvalue weighted by Gasteiger charge is -2.10. The average molecular weight is 903 g/mol. The van der Waals surface area contributed by atoms with Gasteiger partial charge in [-0.2, -0.15) is 0 Å². The first-order valence-corrected chi connectivity index (χ1v) is 18.5. The Bertz CT molecular complexity index is 2150. The van der Waals surface area contributed by atoms with Crippen molar-refractivity contribution in [3.05, 3.63) is 140 Å². The van der Waals surface area contributed by atoms with E-state index in [1.54, 1.807) is 24.3 Å². The number of carbonyl (C=O) groups excluding carboxylic acids is 5. The molecule has 0 atom stereocenters. The number of para-hydroxylation sites is 2. The van der Waals surface area contributed by atoms with Crippen LogP contribution in [-0.4, -0.2) is 90.4 Å². The first kappa shape index (κ1) is 51.1. The van der Waals surface area contributed by atoms with Crippen molar-refractivity contribution in [1.82, 2.24) is 0 Å². The zero-order chi connectivity index (χ0) is 46.6. The highest BCUT2D eigenvalue weighted by Gasteiger charge is 2.17. The van der Waals surface area contributed by atoms with E-state index in [9.17, 15) is 49.0 Å². The van der Waals surface area contributed by atoms with Gasteiger partial charge in [0.25, 0.3) is 10.2 Å². The molecule has 336 valence electrons. The van der Waals surface area contributed by atoms with Crippen LogP contribution in [0.1, 0.15) is 68.1 Å². The molecular weight excluding hydrogens is 864 g/mol. The van der Waals surface area contributed by atoms with Crippen LogP contribution in [0.5, 0.6) is 23.0 Å². The molecule has 0 amide bonds. The molecule has 22 nitrogen and oxygen atoms in total. The normalized spacial score (nSPS) is 9.76. The SMILES string of the molecule is CC(=O)Oc1ccccc1C(=O)OCCl.CC(=O)Oc1ccccc1C(=O)OCOC(=O)c1ccc(OCCCO[N+](=O)[O-])cc1.O=C(O)c1ccc(OCCCO[N+](=O)[O-])cc1. The third-order valence-electron chi connectivity index (χ3n) is 6.99. The zero-order valence-electron chi connectivity index (χ0n) is 33.4. The van der Waals surface area contributed by atoms with Gasteiger partial charge in [-0.3, -0.25) is 9.59 Å². The summed E-state index contributed by atoms with van der Waals surface area (Å²) in [6.45, 7) is 2.17. The minimum absolute atomic E-state index is 0.0128. The predicted octanol–water partition coefficient (Wildman–Crippen LogP) is 5.89. The lowest BCUT2D eigenvalue weighted by molar-refractivity contribution is -0.757. The van der Waals surface area contributed by atoms with E-state index in [-0.39, 0.29) is 66.2 Å². The summed E-state index contributed by atoms with van der Waals surface area (Å²) < 4.78 is 34.7. The molecule has 0 aromatic heterocycles. The molecule has 63 heavy (non-hydrogen) atoms. The van der Waals surface area contributed by atoms with Gasteiger partial charge in [-0.15, -0.1) is 20.2 Å². The van der Waals surface area contributed by atoms with E-state index in [1.807, 2.05) is 0 Å². The summed E-state index contributed by atoms with van der Waals surface area (Å²) in [4.78, 5) is 96.0. The molecule has 0 aliphatic heterocycles. The number of carboxylic acid groups (broad SMARTS) is 1. The Hall–Kier alpha value is -8.01. The van der Waals surface area contributed by atoms with Crippen LogP contribution in [0.2, 0.25) is 0 Å². The Morgan fingerprint density at radius 2 is 0.952 bits per heavy atom. The standard InChI is InChI=1S/C20H19NO10.C10H9ClO4.C10H11NO6/c1-14(22)31-18-6-3-2-5-17(18)20(24)29-13-28-19(23)15-7-9-16(10-8-15)27-11-4-12-30-21(25)26;1-7(12)15-9-5-3-2-4-8(9)10(13)14-6-11;12-10(13)8-2-4-9(5-3-8)16-6-1-7-17-11(14)15/h2-3,5-10H,4,11-13H2,1H3;2-5H,6H2,1H3;2-5H,1,6-7H2,(H,12,13). The highest BCUT2D eigenvalue weighted by atomic mass is 35.5. The summed E-state index contributed by atoms with van der Waals surface area (Å²) in [5.41, 5.74) is 0.557. The Morgan fingerprint density at radius 1 is 0.556 bits per heavy atom. The number of ether oxygens (including phenoxy) is 7. The van der Waals surface area contributed by atoms with Crippen molar-refractivity contribution in [3.63, 3.8) is 0 Å². The van der Waals surface area contributed by atoms with E-state index < -0.39 is 52.8 Å². The van der Waals surface area contributed by atoms with Crippen LogP contribution in [0.4, 0.5) is 0 Å². The molecule has 0 heterocycles. The molecule has 0 saturated carbocycles. The lowest BCUT2D eigenvalue weighted by Crippen LogP contribution is -2.14. The monoisotopic (exact) mass is 902 g/mol. The van der Waals surface area contributed by atoms with Crippen molar-refractivity contribution in [2.24, 2.45) is 0 Å². The zero-order valence-corrected chi connectivity index (χ0v) is 34.1. The van der Waals surface area contributed by atoms with Crippen molar-refractivity contribution in [2.45, 2.75) is 26.7 Å². The van der Waals surface area contributed by atoms with Gasteiger partial charge in [-0.1, -0.05) is 35.9 Å². The second-order valence-corrected chi connectivity index (χ2v) is 11.8. The number of alkyl halides is 1. The largest absolute Gasteiger partial charge is 0.494 e. The number of halogens is 1. The lowest BCUT2D eigenvalue weighted by atomic mass is 10.2. The second kappa shape index (κ2) is 28.5. The van der Waals surface area contributed by atoms with Crippen molar-refractivity contribution < 1.29 is 86.9 Å². The summed E-state index contributed by atoms with van der Waals surface area (Å²) in [5.74, 6) is -3.11. The van der Waals surface area contributed by atoms with Crippen LogP contribution in [0, 0.1) is 20.2 Å². The molecule has 1 N–H and O–H groups in total. The summed E-state index contributed by atoms with van der Waals surface area (Å²) in [6, 6.07) is 23.9. The molecule has 4 aromatic carbocycles. The fraction of sp³-hybridized carbons (Fsp3) is 0.250. The van der Waals surface area contributed by atoms with Crippen LogP contribution in [-0.2, 0) is 33.5 Å². The van der Waals surface area contributed by atoms with Crippen LogP contribution >= 0.6 is 11.6 Å². The molecule has 4 rings (SSSR count). The van der Waals surface area contributed by atoms with Crippen molar-refractivity contribution >= 4 is 47.4 Å². The summed E-state index contributed by atoms with van der Waals surface area (Å²) in [5, 5.41) is 26.8. The van der Waals surface area contributed by atoms with Gasteiger partial charge in [-0.05, 0) is 72.8 Å². The molecule has 0 saturated heterocycles. The van der Waals surface area contributed by atoms with Gasteiger partial charge < -0.3 is 47.9 Å². The Morgan fingerprint density at radius 3 is 1.35 bits per heavy atom. The fourth-order valence-electron chi connectivity index (χ4n) is 4.34. The maximum atomic E-state index is 12.1. The van der Waals surface area contributed by atoms with Gasteiger partial charge >= 0.3 is 35.8 Å². The Kier molecular flexibility index (Phi) is 23.1. The number of aromatic carboxylic acids is 1. The fourth-order valence-corrected chi connectivity index (χ4v) is 4.44. The molecular formula is C40H39ClN2O20. The Balaban J connectivity index is 0.000000359. The van der Waals surface area contributed by atoms with Gasteiger partial charge in [0, 0.05) is 26.7 Å². The van der Waals surface area contributed by atoms with E-state index in [0.29, 0.717) is 24.3 Å². The third-order valence-corrected chi connectivity index (χ3v) is 7.10. The van der Waals surface area contributed by atoms with Gasteiger partial charge in [-0.25, -0.2) is 19.2 Å². The summed E-state index contributed by atoms with van der Waals surface area (Å²) in [6.07, 6.45) is 0.693. The smallest absolute Gasteiger partial charge is 0.344 e. The van der Waals surface area contributed by atoms with Crippen LogP contribution in [0.25, 0.3) is 0 Å². The quantitative estimate of drug-likeness (QED) is 0.0194. The molecule has 0 fully saturated rings. The van der Waals surface area contributed by atoms with Crippen molar-refractivity contribution in [2.75, 3.05) is 39.3 Å². The number of carbonyl (C=O) groups is 6. The van der Waals surface area contributed by atoms with E-state index in [4.69, 9.17) is 45.1 Å². The van der Waals surface area contributed by atoms with Crippen LogP contribution in [0.15, 0.2) is 97.1 Å². The van der Waals surface area contributed by atoms with Gasteiger partial charge in [0.2, 0.25) is 6.79 Å². The topological polar surface area (TPSA) is 292 Å². The molecule has 0 radical (unpaired) electrons. The second-order valence-electron chi connectivity index (χ2n) is 11.6. The van der Waals surface area contributed by atoms with E-state index in [2.05, 4.69) is 14.4 Å². The summed E-state index contributed by atoms with van der Waals surface area (Å²) >= 11 is 5.25. The van der Waals surface area contributed by atoms with E-state index >= 15 is 0 Å². The number of hydrogen-bond donors (Lipinski definition) is 1. The van der Waals surface area contributed by atoms with Crippen LogP contribution < -0.4 is 18.9 Å². The molecule has 23 heteroatoms. The minimum Gasteiger partial charge on any atom is -0.494 e. The molecule has 0 aliphatic rings. The summed E-state index contributed by atoms with van der Waals surface area (Å²) in [7, 11) is 0. The van der Waals surface area contributed by atoms with E-state index in [1.165, 1.54) is 86.6 Å². The Labute approximate surface area is 362 Å². The molecule has 0 unspecified atom stereocenters.